The summed E-state index contributed by atoms with van der Waals surface area (Å²) in [7, 11) is 0. The van der Waals surface area contributed by atoms with Gasteiger partial charge in [0.2, 0.25) is 0 Å². The van der Waals surface area contributed by atoms with Crippen LogP contribution in [0, 0.1) is 0 Å². The first-order valence-corrected chi connectivity index (χ1v) is 6.15. The van der Waals surface area contributed by atoms with Gasteiger partial charge in [0.25, 0.3) is 0 Å². The average molecular weight is 213 g/mol. The SMILES string of the molecule is CCCCc1nnc(C(C)NCC)s1. The topological polar surface area (TPSA) is 37.8 Å². The summed E-state index contributed by atoms with van der Waals surface area (Å²) in [6.07, 6.45) is 3.51. The molecule has 0 amide bonds. The van der Waals surface area contributed by atoms with Gasteiger partial charge in [-0.05, 0) is 19.9 Å². The lowest BCUT2D eigenvalue weighted by Crippen LogP contribution is -2.17. The van der Waals surface area contributed by atoms with E-state index in [9.17, 15) is 0 Å². The first-order valence-electron chi connectivity index (χ1n) is 5.33. The maximum Gasteiger partial charge on any atom is 0.134 e. The van der Waals surface area contributed by atoms with Crippen LogP contribution in [0.5, 0.6) is 0 Å². The van der Waals surface area contributed by atoms with Crippen LogP contribution in [0.4, 0.5) is 0 Å². The molecule has 1 aromatic rings. The molecule has 14 heavy (non-hydrogen) atoms. The standard InChI is InChI=1S/C10H19N3S/c1-4-6-7-9-12-13-10(14-9)8(3)11-5-2/h8,11H,4-7H2,1-3H3. The highest BCUT2D eigenvalue weighted by atomic mass is 32.1. The van der Waals surface area contributed by atoms with E-state index in [-0.39, 0.29) is 0 Å². The predicted octanol–water partition coefficient (Wildman–Crippen LogP) is 2.55. The number of unbranched alkanes of at least 4 members (excludes halogenated alkanes) is 1. The van der Waals surface area contributed by atoms with Crippen molar-refractivity contribution in [2.24, 2.45) is 0 Å². The highest BCUT2D eigenvalue weighted by Gasteiger charge is 2.09. The highest BCUT2D eigenvalue weighted by Crippen LogP contribution is 2.18. The lowest BCUT2D eigenvalue weighted by molar-refractivity contribution is 0.589. The van der Waals surface area contributed by atoms with Gasteiger partial charge in [-0.15, -0.1) is 10.2 Å². The van der Waals surface area contributed by atoms with Crippen molar-refractivity contribution in [1.82, 2.24) is 15.5 Å². The molecule has 0 fully saturated rings. The Balaban J connectivity index is 2.49. The molecule has 0 aliphatic carbocycles. The van der Waals surface area contributed by atoms with Crippen molar-refractivity contribution in [3.63, 3.8) is 0 Å². The molecule has 0 bridgehead atoms. The van der Waals surface area contributed by atoms with E-state index in [1.165, 1.54) is 17.8 Å². The Bertz CT molecular complexity index is 260. The fourth-order valence-corrected chi connectivity index (χ4v) is 2.18. The third kappa shape index (κ3) is 3.35. The maximum atomic E-state index is 4.19. The summed E-state index contributed by atoms with van der Waals surface area (Å²) >= 11 is 1.74. The second kappa shape index (κ2) is 6.09. The lowest BCUT2D eigenvalue weighted by atomic mass is 10.3. The van der Waals surface area contributed by atoms with Crippen LogP contribution in [0.2, 0.25) is 0 Å². The Labute approximate surface area is 89.9 Å². The smallest absolute Gasteiger partial charge is 0.134 e. The number of hydrogen-bond acceptors (Lipinski definition) is 4. The van der Waals surface area contributed by atoms with E-state index in [2.05, 4.69) is 36.3 Å². The van der Waals surface area contributed by atoms with E-state index in [1.807, 2.05) is 0 Å². The molecule has 0 aliphatic heterocycles. The monoisotopic (exact) mass is 213 g/mol. The molecule has 80 valence electrons. The third-order valence-corrected chi connectivity index (χ3v) is 3.27. The minimum absolute atomic E-state index is 0.341. The van der Waals surface area contributed by atoms with E-state index >= 15 is 0 Å². The van der Waals surface area contributed by atoms with Crippen LogP contribution in [-0.4, -0.2) is 16.7 Å². The second-order valence-electron chi connectivity index (χ2n) is 3.42. The molecule has 1 heterocycles. The minimum Gasteiger partial charge on any atom is -0.308 e. The fourth-order valence-electron chi connectivity index (χ4n) is 1.26. The molecule has 1 N–H and O–H groups in total. The van der Waals surface area contributed by atoms with Gasteiger partial charge >= 0.3 is 0 Å². The van der Waals surface area contributed by atoms with Gasteiger partial charge in [-0.1, -0.05) is 31.6 Å². The van der Waals surface area contributed by atoms with E-state index in [0.717, 1.165) is 18.0 Å². The zero-order valence-electron chi connectivity index (χ0n) is 9.21. The normalized spacial score (nSPS) is 13.1. The Hall–Kier alpha value is -0.480. The van der Waals surface area contributed by atoms with Crippen molar-refractivity contribution in [1.29, 1.82) is 0 Å². The summed E-state index contributed by atoms with van der Waals surface area (Å²) < 4.78 is 0. The van der Waals surface area contributed by atoms with E-state index in [0.29, 0.717) is 6.04 Å². The summed E-state index contributed by atoms with van der Waals surface area (Å²) in [6, 6.07) is 0.341. The van der Waals surface area contributed by atoms with Crippen LogP contribution >= 0.6 is 11.3 Å². The van der Waals surface area contributed by atoms with Gasteiger partial charge in [0.1, 0.15) is 10.0 Å². The van der Waals surface area contributed by atoms with Crippen LogP contribution in [0.15, 0.2) is 0 Å². The summed E-state index contributed by atoms with van der Waals surface area (Å²) in [6.45, 7) is 7.41. The van der Waals surface area contributed by atoms with Crippen LogP contribution in [0.25, 0.3) is 0 Å². The molecule has 4 heteroatoms. The van der Waals surface area contributed by atoms with Crippen LogP contribution in [-0.2, 0) is 6.42 Å². The van der Waals surface area contributed by atoms with Crippen molar-refractivity contribution in [2.45, 2.75) is 46.1 Å². The molecule has 0 spiro atoms. The molecule has 1 rings (SSSR count). The van der Waals surface area contributed by atoms with E-state index in [1.54, 1.807) is 11.3 Å². The molecule has 3 nitrogen and oxygen atoms in total. The summed E-state index contributed by atoms with van der Waals surface area (Å²) in [5.41, 5.74) is 0. The molecule has 0 aliphatic rings. The number of aryl methyl sites for hydroxylation is 1. The van der Waals surface area contributed by atoms with Gasteiger partial charge in [-0.2, -0.15) is 0 Å². The number of nitrogens with one attached hydrogen (secondary N) is 1. The van der Waals surface area contributed by atoms with Crippen molar-refractivity contribution in [3.05, 3.63) is 10.0 Å². The van der Waals surface area contributed by atoms with Crippen molar-refractivity contribution in [2.75, 3.05) is 6.54 Å². The van der Waals surface area contributed by atoms with Crippen molar-refractivity contribution >= 4 is 11.3 Å². The largest absolute Gasteiger partial charge is 0.308 e. The number of rotatable bonds is 6. The predicted molar refractivity (Wildman–Crippen MR) is 60.6 cm³/mol. The van der Waals surface area contributed by atoms with Gasteiger partial charge < -0.3 is 5.32 Å². The molecule has 1 unspecified atom stereocenters. The Morgan fingerprint density at radius 1 is 1.36 bits per heavy atom. The molecule has 0 saturated carbocycles. The van der Waals surface area contributed by atoms with Gasteiger partial charge in [0, 0.05) is 6.42 Å². The van der Waals surface area contributed by atoms with Crippen LogP contribution in [0.3, 0.4) is 0 Å². The zero-order chi connectivity index (χ0) is 10.4. The summed E-state index contributed by atoms with van der Waals surface area (Å²) in [5.74, 6) is 0. The zero-order valence-corrected chi connectivity index (χ0v) is 10.0. The molecule has 0 aromatic carbocycles. The van der Waals surface area contributed by atoms with Gasteiger partial charge in [0.05, 0.1) is 6.04 Å². The van der Waals surface area contributed by atoms with E-state index in [4.69, 9.17) is 0 Å². The molecule has 1 aromatic heterocycles. The van der Waals surface area contributed by atoms with E-state index < -0.39 is 0 Å². The highest BCUT2D eigenvalue weighted by molar-refractivity contribution is 7.11. The quantitative estimate of drug-likeness (QED) is 0.789. The molecular formula is C10H19N3S. The number of hydrogen-bond donors (Lipinski definition) is 1. The Kier molecular flexibility index (Phi) is 5.04. The Morgan fingerprint density at radius 2 is 2.14 bits per heavy atom. The van der Waals surface area contributed by atoms with Crippen LogP contribution in [0.1, 0.15) is 49.7 Å². The average Bonchev–Trinajstić information content (AvgIpc) is 2.63. The molecule has 0 radical (unpaired) electrons. The number of aromatic nitrogens is 2. The van der Waals surface area contributed by atoms with Crippen molar-refractivity contribution < 1.29 is 0 Å². The molecule has 1 atom stereocenters. The van der Waals surface area contributed by atoms with Crippen LogP contribution < -0.4 is 5.32 Å². The minimum atomic E-state index is 0.341. The van der Waals surface area contributed by atoms with Gasteiger partial charge in [-0.3, -0.25) is 0 Å². The van der Waals surface area contributed by atoms with Gasteiger partial charge in [0.15, 0.2) is 0 Å². The lowest BCUT2D eigenvalue weighted by Gasteiger charge is -2.06. The second-order valence-corrected chi connectivity index (χ2v) is 4.51. The molecular weight excluding hydrogens is 194 g/mol. The molecule has 0 saturated heterocycles. The maximum absolute atomic E-state index is 4.19. The summed E-state index contributed by atoms with van der Waals surface area (Å²) in [5, 5.41) is 14.0. The third-order valence-electron chi connectivity index (χ3n) is 2.11. The Morgan fingerprint density at radius 3 is 2.79 bits per heavy atom. The fraction of sp³-hybridized carbons (Fsp3) is 0.800. The van der Waals surface area contributed by atoms with Crippen molar-refractivity contribution in [3.8, 4) is 0 Å². The first kappa shape index (κ1) is 11.6. The van der Waals surface area contributed by atoms with Gasteiger partial charge in [-0.25, -0.2) is 0 Å². The first-order chi connectivity index (χ1) is 6.77. The number of nitrogens with zero attached hydrogens (tertiary/aromatic N) is 2. The summed E-state index contributed by atoms with van der Waals surface area (Å²) in [4.78, 5) is 0.